The highest BCUT2D eigenvalue weighted by molar-refractivity contribution is 6.12. The van der Waals surface area contributed by atoms with Gasteiger partial charge in [-0.25, -0.2) is 9.18 Å². The summed E-state index contributed by atoms with van der Waals surface area (Å²) in [6, 6.07) is 5.86. The van der Waals surface area contributed by atoms with Crippen LogP contribution in [0.2, 0.25) is 0 Å². The first-order valence-electron chi connectivity index (χ1n) is 11.9. The molecule has 1 atom stereocenters. The normalized spacial score (nSPS) is 21.1. The summed E-state index contributed by atoms with van der Waals surface area (Å²) in [6.45, 7) is 5.16. The van der Waals surface area contributed by atoms with Crippen LogP contribution in [0.3, 0.4) is 0 Å². The van der Waals surface area contributed by atoms with Crippen molar-refractivity contribution in [1.82, 2.24) is 15.1 Å². The van der Waals surface area contributed by atoms with Gasteiger partial charge in [0.05, 0.1) is 13.2 Å². The minimum Gasteiger partial charge on any atom is -0.461 e. The third kappa shape index (κ3) is 4.43. The summed E-state index contributed by atoms with van der Waals surface area (Å²) in [4.78, 5) is 41.0. The number of amides is 2. The van der Waals surface area contributed by atoms with Crippen LogP contribution in [0.4, 0.5) is 10.1 Å². The smallest absolute Gasteiger partial charge is 0.358 e. The van der Waals surface area contributed by atoms with Crippen molar-refractivity contribution in [1.29, 1.82) is 0 Å². The van der Waals surface area contributed by atoms with E-state index in [1.54, 1.807) is 32.9 Å². The van der Waals surface area contributed by atoms with Gasteiger partial charge in [-0.1, -0.05) is 31.7 Å². The predicted molar refractivity (Wildman–Crippen MR) is 124 cm³/mol. The van der Waals surface area contributed by atoms with E-state index in [2.05, 4.69) is 10.4 Å². The molecule has 0 spiro atoms. The second kappa shape index (κ2) is 9.56. The molecule has 2 aromatic rings. The molecule has 4 rings (SSSR count). The lowest BCUT2D eigenvalue weighted by Gasteiger charge is -2.43. The number of nitrogens with one attached hydrogen (secondary N) is 1. The molecule has 1 aromatic heterocycles. The van der Waals surface area contributed by atoms with Crippen molar-refractivity contribution in [3.05, 3.63) is 47.0 Å². The number of aryl methyl sites for hydroxylation is 1. The van der Waals surface area contributed by atoms with E-state index in [1.165, 1.54) is 21.7 Å². The van der Waals surface area contributed by atoms with Crippen molar-refractivity contribution in [2.24, 2.45) is 0 Å². The van der Waals surface area contributed by atoms with Gasteiger partial charge in [0, 0.05) is 17.8 Å². The zero-order valence-corrected chi connectivity index (χ0v) is 19.9. The average molecular weight is 471 g/mol. The Hall–Kier alpha value is -3.23. The number of ether oxygens (including phenoxy) is 1. The molecular formula is C25H31FN4O4. The molecule has 2 aliphatic rings. The molecule has 0 saturated heterocycles. The van der Waals surface area contributed by atoms with E-state index in [-0.39, 0.29) is 42.2 Å². The highest BCUT2D eigenvalue weighted by Crippen LogP contribution is 2.34. The Morgan fingerprint density at radius 3 is 2.56 bits per heavy atom. The zero-order chi connectivity index (χ0) is 24.5. The maximum atomic E-state index is 14.5. The fourth-order valence-electron chi connectivity index (χ4n) is 4.78. The van der Waals surface area contributed by atoms with Crippen LogP contribution in [0.1, 0.15) is 78.9 Å². The Kier molecular flexibility index (Phi) is 6.72. The summed E-state index contributed by atoms with van der Waals surface area (Å²) >= 11 is 0. The molecule has 1 fully saturated rings. The van der Waals surface area contributed by atoms with Gasteiger partial charge in [0.15, 0.2) is 5.69 Å². The Morgan fingerprint density at radius 2 is 1.91 bits per heavy atom. The van der Waals surface area contributed by atoms with Crippen LogP contribution in [-0.2, 0) is 16.1 Å². The molecule has 8 nitrogen and oxygen atoms in total. The third-order valence-electron chi connectivity index (χ3n) is 6.73. The first-order chi connectivity index (χ1) is 16.2. The van der Waals surface area contributed by atoms with E-state index in [9.17, 15) is 18.8 Å². The van der Waals surface area contributed by atoms with Gasteiger partial charge in [-0.05, 0) is 51.3 Å². The van der Waals surface area contributed by atoms with Crippen molar-refractivity contribution in [2.75, 3.05) is 11.5 Å². The summed E-state index contributed by atoms with van der Waals surface area (Å²) in [5, 5.41) is 7.40. The average Bonchev–Trinajstić information content (AvgIpc) is 3.05. The zero-order valence-electron chi connectivity index (χ0n) is 19.9. The SMILES string of the molecule is CCOC(=O)c1cc2n(n1)C[C@@](C)(C(=O)NC1CCCCCC1)N(c1ccc(C)c(F)c1)C2=O. The van der Waals surface area contributed by atoms with E-state index in [1.807, 2.05) is 0 Å². The lowest BCUT2D eigenvalue weighted by atomic mass is 9.93. The largest absolute Gasteiger partial charge is 0.461 e. The first-order valence-corrected chi connectivity index (χ1v) is 11.9. The van der Waals surface area contributed by atoms with E-state index in [0.29, 0.717) is 5.56 Å². The van der Waals surface area contributed by atoms with E-state index in [4.69, 9.17) is 4.74 Å². The van der Waals surface area contributed by atoms with Crippen LogP contribution < -0.4 is 10.2 Å². The first kappa shape index (κ1) is 23.9. The fourth-order valence-corrected chi connectivity index (χ4v) is 4.78. The molecule has 1 aliphatic heterocycles. The van der Waals surface area contributed by atoms with Gasteiger partial charge in [-0.15, -0.1) is 0 Å². The Labute approximate surface area is 198 Å². The molecule has 1 N–H and O–H groups in total. The fraction of sp³-hybridized carbons (Fsp3) is 0.520. The van der Waals surface area contributed by atoms with E-state index >= 15 is 0 Å². The monoisotopic (exact) mass is 470 g/mol. The molecule has 34 heavy (non-hydrogen) atoms. The number of halogens is 1. The molecule has 182 valence electrons. The molecule has 2 heterocycles. The molecule has 1 saturated carbocycles. The number of esters is 1. The summed E-state index contributed by atoms with van der Waals surface area (Å²) in [6.07, 6.45) is 6.14. The maximum Gasteiger partial charge on any atom is 0.358 e. The second-order valence-corrected chi connectivity index (χ2v) is 9.30. The highest BCUT2D eigenvalue weighted by Gasteiger charge is 2.49. The molecule has 0 unspecified atom stereocenters. The van der Waals surface area contributed by atoms with Gasteiger partial charge in [0.25, 0.3) is 5.91 Å². The van der Waals surface area contributed by atoms with Crippen molar-refractivity contribution in [3.63, 3.8) is 0 Å². The third-order valence-corrected chi connectivity index (χ3v) is 6.73. The maximum absolute atomic E-state index is 14.5. The number of hydrogen-bond acceptors (Lipinski definition) is 5. The standard InChI is InChI=1S/C25H31FN4O4/c1-4-34-23(32)20-14-21-22(31)30(18-12-11-16(2)19(26)13-18)25(3,15-29(21)28-20)24(33)27-17-9-7-5-6-8-10-17/h11-14,17H,4-10,15H2,1-3H3,(H,27,33)/t25-/m0/s1. The van der Waals surface area contributed by atoms with Crippen LogP contribution in [0.25, 0.3) is 0 Å². The van der Waals surface area contributed by atoms with Gasteiger partial charge in [0.1, 0.15) is 17.1 Å². The number of benzene rings is 1. The highest BCUT2D eigenvalue weighted by atomic mass is 19.1. The number of nitrogens with zero attached hydrogens (tertiary/aromatic N) is 3. The van der Waals surface area contributed by atoms with Crippen molar-refractivity contribution < 1.29 is 23.5 Å². The molecule has 1 aliphatic carbocycles. The van der Waals surface area contributed by atoms with Gasteiger partial charge >= 0.3 is 5.97 Å². The molecule has 2 amide bonds. The topological polar surface area (TPSA) is 93.5 Å². The van der Waals surface area contributed by atoms with Crippen LogP contribution in [0, 0.1) is 12.7 Å². The molecule has 0 bridgehead atoms. The van der Waals surface area contributed by atoms with Gasteiger partial charge in [-0.3, -0.25) is 19.2 Å². The van der Waals surface area contributed by atoms with Crippen LogP contribution in [-0.4, -0.2) is 45.8 Å². The molecule has 1 aromatic carbocycles. The molecule has 9 heteroatoms. The van der Waals surface area contributed by atoms with Gasteiger partial charge in [0.2, 0.25) is 5.91 Å². The number of aromatic nitrogens is 2. The number of carbonyl (C=O) groups is 3. The summed E-state index contributed by atoms with van der Waals surface area (Å²) in [5.41, 5.74) is -0.530. The summed E-state index contributed by atoms with van der Waals surface area (Å²) in [5.74, 6) is -1.97. The van der Waals surface area contributed by atoms with Crippen LogP contribution in [0.15, 0.2) is 24.3 Å². The van der Waals surface area contributed by atoms with Crippen molar-refractivity contribution in [3.8, 4) is 0 Å². The van der Waals surface area contributed by atoms with Gasteiger partial charge < -0.3 is 10.1 Å². The van der Waals surface area contributed by atoms with Crippen LogP contribution >= 0.6 is 0 Å². The lowest BCUT2D eigenvalue weighted by molar-refractivity contribution is -0.127. The molecule has 0 radical (unpaired) electrons. The number of anilines is 1. The number of carbonyl (C=O) groups excluding carboxylic acids is 3. The second-order valence-electron chi connectivity index (χ2n) is 9.30. The Bertz CT molecular complexity index is 1110. The minimum atomic E-state index is -1.38. The number of fused-ring (bicyclic) bond motifs is 1. The van der Waals surface area contributed by atoms with E-state index in [0.717, 1.165) is 38.5 Å². The van der Waals surface area contributed by atoms with Crippen molar-refractivity contribution >= 4 is 23.5 Å². The minimum absolute atomic E-state index is 0.00587. The Balaban J connectivity index is 1.75. The summed E-state index contributed by atoms with van der Waals surface area (Å²) in [7, 11) is 0. The van der Waals surface area contributed by atoms with Crippen LogP contribution in [0.5, 0.6) is 0 Å². The molecular weight excluding hydrogens is 439 g/mol. The van der Waals surface area contributed by atoms with E-state index < -0.39 is 23.2 Å². The quantitative estimate of drug-likeness (QED) is 0.530. The Morgan fingerprint density at radius 1 is 1.21 bits per heavy atom. The lowest BCUT2D eigenvalue weighted by Crippen LogP contribution is -2.65. The van der Waals surface area contributed by atoms with Crippen molar-refractivity contribution in [2.45, 2.75) is 77.4 Å². The predicted octanol–water partition coefficient (Wildman–Crippen LogP) is 3.77. The number of rotatable bonds is 5. The van der Waals surface area contributed by atoms with Gasteiger partial charge in [-0.2, -0.15) is 5.10 Å². The number of hydrogen-bond donors (Lipinski definition) is 1. The summed E-state index contributed by atoms with van der Waals surface area (Å²) < 4.78 is 20.9.